The molecule has 0 aromatic carbocycles. The van der Waals surface area contributed by atoms with Gasteiger partial charge >= 0.3 is 17.9 Å². The molecule has 0 aromatic heterocycles. The third-order valence-electron chi connectivity index (χ3n) is 3.57. The monoisotopic (exact) mass is 347 g/mol. The third kappa shape index (κ3) is 5.47. The van der Waals surface area contributed by atoms with Crippen molar-refractivity contribution in [3.63, 3.8) is 0 Å². The molecular weight excluding hydrogens is 325 g/mol. The molecule has 8 nitrogen and oxygen atoms in total. The quantitative estimate of drug-likeness (QED) is 0.562. The largest absolute Gasteiger partial charge is 0.460 e. The van der Waals surface area contributed by atoms with E-state index in [1.54, 1.807) is 0 Å². The van der Waals surface area contributed by atoms with E-state index in [4.69, 9.17) is 14.2 Å². The van der Waals surface area contributed by atoms with Crippen molar-refractivity contribution in [3.8, 4) is 0 Å². The van der Waals surface area contributed by atoms with Crippen LogP contribution in [0.5, 0.6) is 0 Å². The Morgan fingerprint density at radius 2 is 1.42 bits per heavy atom. The van der Waals surface area contributed by atoms with Crippen LogP contribution in [0.3, 0.4) is 0 Å². The molecule has 1 N–H and O–H groups in total. The summed E-state index contributed by atoms with van der Waals surface area (Å²) in [6, 6.07) is -0.956. The van der Waals surface area contributed by atoms with Gasteiger partial charge in [-0.15, -0.1) is 0 Å². The number of amides is 1. The van der Waals surface area contributed by atoms with Gasteiger partial charge in [-0.05, 0) is 6.42 Å². The Kier molecular flexibility index (Phi) is 7.12. The summed E-state index contributed by atoms with van der Waals surface area (Å²) in [5, 5.41) is 2.53. The average Bonchev–Trinajstić information content (AvgIpc) is 2.42. The molecule has 0 aliphatic heterocycles. The van der Waals surface area contributed by atoms with Crippen molar-refractivity contribution < 1.29 is 37.8 Å². The van der Waals surface area contributed by atoms with E-state index in [0.717, 1.165) is 13.8 Å². The van der Waals surface area contributed by atoms with Crippen molar-refractivity contribution in [3.05, 3.63) is 0 Å². The fraction of sp³-hybridized carbons (Fsp3) is 0.733. The van der Waals surface area contributed by atoms with Crippen molar-refractivity contribution in [2.24, 2.45) is 5.92 Å². The molecule has 5 atom stereocenters. The van der Waals surface area contributed by atoms with Gasteiger partial charge in [-0.1, -0.05) is 0 Å². The minimum Gasteiger partial charge on any atom is -0.460 e. The molecule has 1 saturated carbocycles. The maximum absolute atomic E-state index is 13.4. The van der Waals surface area contributed by atoms with Gasteiger partial charge in [-0.2, -0.15) is 0 Å². The van der Waals surface area contributed by atoms with Gasteiger partial charge in [0, 0.05) is 33.6 Å². The lowest BCUT2D eigenvalue weighted by molar-refractivity contribution is -0.192. The molecule has 0 heterocycles. The van der Waals surface area contributed by atoms with Crippen LogP contribution < -0.4 is 5.32 Å². The molecule has 0 aromatic rings. The Labute approximate surface area is 139 Å². The summed E-state index contributed by atoms with van der Waals surface area (Å²) >= 11 is 0. The molecular formula is C15H22FNO7. The van der Waals surface area contributed by atoms with Crippen LogP contribution >= 0.6 is 0 Å². The highest BCUT2D eigenvalue weighted by molar-refractivity contribution is 5.74. The van der Waals surface area contributed by atoms with Crippen molar-refractivity contribution in [2.45, 2.75) is 58.5 Å². The second kappa shape index (κ2) is 8.60. The lowest BCUT2D eigenvalue weighted by Crippen LogP contribution is -2.63. The zero-order valence-electron chi connectivity index (χ0n) is 14.0. The summed E-state index contributed by atoms with van der Waals surface area (Å²) < 4.78 is 28.9. The zero-order chi connectivity index (χ0) is 18.4. The van der Waals surface area contributed by atoms with Crippen molar-refractivity contribution in [1.82, 2.24) is 5.32 Å². The number of hydrogen-bond donors (Lipinski definition) is 1. The number of halogens is 1. The highest BCUT2D eigenvalue weighted by Gasteiger charge is 2.50. The van der Waals surface area contributed by atoms with E-state index >= 15 is 0 Å². The third-order valence-corrected chi connectivity index (χ3v) is 3.57. The minimum absolute atomic E-state index is 0.0107. The fourth-order valence-corrected chi connectivity index (χ4v) is 2.85. The predicted molar refractivity (Wildman–Crippen MR) is 78.3 cm³/mol. The molecule has 1 rings (SSSR count). The molecule has 0 bridgehead atoms. The standard InChI is InChI=1S/C15H22FNO7/c1-7(18)17-13-12(22-8(2)19)5-11(6-16)14(23-9(3)20)15(13)24-10(4)21/h11-15H,5-6H2,1-4H3,(H,17,18)/t11?,12-,13-,14+,15?/m1/s1. The van der Waals surface area contributed by atoms with E-state index in [2.05, 4.69) is 5.32 Å². The molecule has 24 heavy (non-hydrogen) atoms. The summed E-state index contributed by atoms with van der Waals surface area (Å²) in [7, 11) is 0. The number of carbonyl (C=O) groups is 4. The number of hydrogen-bond acceptors (Lipinski definition) is 7. The van der Waals surface area contributed by atoms with E-state index in [0.29, 0.717) is 0 Å². The maximum Gasteiger partial charge on any atom is 0.303 e. The van der Waals surface area contributed by atoms with Crippen LogP contribution in [0.1, 0.15) is 34.1 Å². The van der Waals surface area contributed by atoms with Gasteiger partial charge in [0.05, 0.1) is 6.67 Å². The Bertz CT molecular complexity index is 510. The fourth-order valence-electron chi connectivity index (χ4n) is 2.85. The van der Waals surface area contributed by atoms with Crippen molar-refractivity contribution in [2.75, 3.05) is 6.67 Å². The molecule has 0 spiro atoms. The SMILES string of the molecule is CC(=O)N[C@H]1C(OC(C)=O)[C@@H](OC(C)=O)C(CF)C[C@H]1OC(C)=O. The van der Waals surface area contributed by atoms with Gasteiger partial charge in [0.15, 0.2) is 6.10 Å². The molecule has 9 heteroatoms. The van der Waals surface area contributed by atoms with Crippen LogP contribution in [-0.4, -0.2) is 54.8 Å². The van der Waals surface area contributed by atoms with Crippen LogP contribution in [0.2, 0.25) is 0 Å². The van der Waals surface area contributed by atoms with Crippen LogP contribution in [-0.2, 0) is 33.4 Å². The van der Waals surface area contributed by atoms with Gasteiger partial charge in [0.2, 0.25) is 5.91 Å². The number of nitrogens with one attached hydrogen (secondary N) is 1. The first-order valence-corrected chi connectivity index (χ1v) is 7.50. The van der Waals surface area contributed by atoms with E-state index in [1.165, 1.54) is 13.8 Å². The minimum atomic E-state index is -1.17. The summed E-state index contributed by atoms with van der Waals surface area (Å²) in [5.41, 5.74) is 0. The first kappa shape index (κ1) is 19.9. The predicted octanol–water partition coefficient (Wildman–Crippen LogP) is 0.276. The lowest BCUT2D eigenvalue weighted by Gasteiger charge is -2.44. The summed E-state index contributed by atoms with van der Waals surface area (Å²) in [6.45, 7) is 3.81. The van der Waals surface area contributed by atoms with E-state index in [-0.39, 0.29) is 6.42 Å². The smallest absolute Gasteiger partial charge is 0.303 e. The molecule has 0 radical (unpaired) electrons. The summed E-state index contributed by atoms with van der Waals surface area (Å²) in [5.74, 6) is -3.31. The highest BCUT2D eigenvalue weighted by atomic mass is 19.1. The number of ether oxygens (including phenoxy) is 3. The van der Waals surface area contributed by atoms with Crippen molar-refractivity contribution >= 4 is 23.8 Å². The summed E-state index contributed by atoms with van der Waals surface area (Å²) in [6.07, 6.45) is -3.17. The van der Waals surface area contributed by atoms with Gasteiger partial charge < -0.3 is 19.5 Å². The van der Waals surface area contributed by atoms with Gasteiger partial charge in [-0.25, -0.2) is 0 Å². The van der Waals surface area contributed by atoms with Gasteiger partial charge in [0.1, 0.15) is 18.2 Å². The molecule has 1 aliphatic carbocycles. The van der Waals surface area contributed by atoms with Crippen LogP contribution in [0.4, 0.5) is 4.39 Å². The Morgan fingerprint density at radius 3 is 1.83 bits per heavy atom. The average molecular weight is 347 g/mol. The number of esters is 3. The van der Waals surface area contributed by atoms with Crippen molar-refractivity contribution in [1.29, 1.82) is 0 Å². The Hall–Kier alpha value is -2.19. The van der Waals surface area contributed by atoms with Crippen LogP contribution in [0, 0.1) is 5.92 Å². The molecule has 1 fully saturated rings. The number of rotatable bonds is 5. The molecule has 0 saturated heterocycles. The van der Waals surface area contributed by atoms with E-state index in [9.17, 15) is 23.6 Å². The topological polar surface area (TPSA) is 108 Å². The first-order chi connectivity index (χ1) is 11.1. The molecule has 1 aliphatic rings. The maximum atomic E-state index is 13.4. The van der Waals surface area contributed by atoms with Gasteiger partial charge in [0.25, 0.3) is 0 Å². The lowest BCUT2D eigenvalue weighted by atomic mass is 9.79. The molecule has 1 amide bonds. The first-order valence-electron chi connectivity index (χ1n) is 7.50. The number of carbonyl (C=O) groups excluding carboxylic acids is 4. The highest BCUT2D eigenvalue weighted by Crippen LogP contribution is 2.32. The second-order valence-electron chi connectivity index (χ2n) is 5.67. The van der Waals surface area contributed by atoms with E-state index in [1.807, 2.05) is 0 Å². The van der Waals surface area contributed by atoms with Crippen LogP contribution in [0.25, 0.3) is 0 Å². The normalized spacial score (nSPS) is 29.3. The molecule has 136 valence electrons. The molecule has 2 unspecified atom stereocenters. The van der Waals surface area contributed by atoms with Crippen LogP contribution in [0.15, 0.2) is 0 Å². The Balaban J connectivity index is 3.23. The van der Waals surface area contributed by atoms with Gasteiger partial charge in [-0.3, -0.25) is 23.6 Å². The zero-order valence-corrected chi connectivity index (χ0v) is 14.0. The van der Waals surface area contributed by atoms with E-state index < -0.39 is 60.8 Å². The second-order valence-corrected chi connectivity index (χ2v) is 5.67. The number of alkyl halides is 1. The summed E-state index contributed by atoms with van der Waals surface area (Å²) in [4.78, 5) is 45.5. The Morgan fingerprint density at radius 1 is 0.917 bits per heavy atom.